The van der Waals surface area contributed by atoms with Gasteiger partial charge in [-0.1, -0.05) is 47.7 Å². The van der Waals surface area contributed by atoms with Crippen LogP contribution in [0.25, 0.3) is 11.1 Å². The van der Waals surface area contributed by atoms with Crippen LogP contribution in [0.1, 0.15) is 44.1 Å². The minimum atomic E-state index is -0.392. The van der Waals surface area contributed by atoms with Crippen LogP contribution >= 0.6 is 11.6 Å². The van der Waals surface area contributed by atoms with Gasteiger partial charge in [0.25, 0.3) is 0 Å². The van der Waals surface area contributed by atoms with Gasteiger partial charge in [0.2, 0.25) is 0 Å². The van der Waals surface area contributed by atoms with E-state index in [-0.39, 0.29) is 5.02 Å². The van der Waals surface area contributed by atoms with Crippen molar-refractivity contribution in [2.75, 3.05) is 0 Å². The van der Waals surface area contributed by atoms with E-state index in [1.807, 2.05) is 36.4 Å². The highest BCUT2D eigenvalue weighted by atomic mass is 35.5. The molecule has 0 bridgehead atoms. The maximum atomic E-state index is 13.6. The quantitative estimate of drug-likeness (QED) is 0.394. The first kappa shape index (κ1) is 18.7. The molecule has 0 aromatic heterocycles. The first-order valence-corrected chi connectivity index (χ1v) is 9.71. The van der Waals surface area contributed by atoms with Gasteiger partial charge in [0.05, 0.1) is 5.02 Å². The summed E-state index contributed by atoms with van der Waals surface area (Å²) < 4.78 is 13.6. The molecule has 0 atom stereocenters. The van der Waals surface area contributed by atoms with Crippen molar-refractivity contribution in [1.82, 2.24) is 0 Å². The van der Waals surface area contributed by atoms with Crippen LogP contribution < -0.4 is 0 Å². The van der Waals surface area contributed by atoms with Gasteiger partial charge in [-0.15, -0.1) is 6.58 Å². The molecule has 2 aromatic rings. The minimum Gasteiger partial charge on any atom is -0.205 e. The Kier molecular flexibility index (Phi) is 6.53. The van der Waals surface area contributed by atoms with Crippen molar-refractivity contribution in [1.29, 1.82) is 0 Å². The van der Waals surface area contributed by atoms with Crippen LogP contribution in [0.4, 0.5) is 4.39 Å². The topological polar surface area (TPSA) is 0 Å². The van der Waals surface area contributed by atoms with E-state index < -0.39 is 5.82 Å². The molecule has 2 aromatic carbocycles. The van der Waals surface area contributed by atoms with E-state index in [0.29, 0.717) is 5.92 Å². The van der Waals surface area contributed by atoms with Crippen molar-refractivity contribution in [2.24, 2.45) is 11.8 Å². The zero-order chi connectivity index (χ0) is 18.4. The second-order valence-electron chi connectivity index (χ2n) is 7.06. The van der Waals surface area contributed by atoms with Gasteiger partial charge < -0.3 is 0 Å². The number of rotatable bonds is 4. The molecule has 3 rings (SSSR count). The summed E-state index contributed by atoms with van der Waals surface area (Å²) in [6.07, 6.45) is 9.41. The molecule has 134 valence electrons. The summed E-state index contributed by atoms with van der Waals surface area (Å²) in [6.45, 7) is 3.81. The van der Waals surface area contributed by atoms with E-state index in [2.05, 4.69) is 18.4 Å². The van der Waals surface area contributed by atoms with Gasteiger partial charge in [0, 0.05) is 11.5 Å². The number of halogens is 2. The third kappa shape index (κ3) is 4.99. The Balaban J connectivity index is 1.59. The highest BCUT2D eigenvalue weighted by Gasteiger charge is 2.18. The number of hydrogen-bond donors (Lipinski definition) is 0. The molecule has 1 aliphatic rings. The predicted molar refractivity (Wildman–Crippen MR) is 109 cm³/mol. The van der Waals surface area contributed by atoms with Gasteiger partial charge in [-0.05, 0) is 79.8 Å². The van der Waals surface area contributed by atoms with Gasteiger partial charge in [0.1, 0.15) is 5.82 Å². The lowest BCUT2D eigenvalue weighted by molar-refractivity contribution is 0.303. The Hall–Kier alpha value is -2.04. The van der Waals surface area contributed by atoms with E-state index in [9.17, 15) is 4.39 Å². The molecule has 0 aliphatic heterocycles. The zero-order valence-corrected chi connectivity index (χ0v) is 15.7. The highest BCUT2D eigenvalue weighted by Crippen LogP contribution is 2.31. The normalized spacial score (nSPS) is 19.5. The molecule has 1 fully saturated rings. The first-order chi connectivity index (χ1) is 12.7. The summed E-state index contributed by atoms with van der Waals surface area (Å²) in [4.78, 5) is 0. The molecule has 0 heterocycles. The summed E-state index contributed by atoms with van der Waals surface area (Å²) >= 11 is 5.74. The lowest BCUT2D eigenvalue weighted by atomic mass is 9.80. The fourth-order valence-electron chi connectivity index (χ4n) is 3.56. The second kappa shape index (κ2) is 9.06. The predicted octanol–water partition coefficient (Wildman–Crippen LogP) is 7.27. The van der Waals surface area contributed by atoms with Crippen LogP contribution in [0, 0.1) is 29.5 Å². The van der Waals surface area contributed by atoms with Crippen molar-refractivity contribution in [2.45, 2.75) is 38.5 Å². The van der Waals surface area contributed by atoms with Crippen LogP contribution in [-0.4, -0.2) is 0 Å². The van der Waals surface area contributed by atoms with Crippen LogP contribution in [0.5, 0.6) is 0 Å². The molecule has 2 heteroatoms. The Labute approximate surface area is 161 Å². The summed E-state index contributed by atoms with van der Waals surface area (Å²) in [5.41, 5.74) is 2.80. The van der Waals surface area contributed by atoms with Crippen molar-refractivity contribution in [3.05, 3.63) is 71.5 Å². The Bertz CT molecular complexity index is 802. The fourth-order valence-corrected chi connectivity index (χ4v) is 3.67. The van der Waals surface area contributed by atoms with Crippen LogP contribution in [0.15, 0.2) is 55.1 Å². The van der Waals surface area contributed by atoms with Crippen molar-refractivity contribution < 1.29 is 4.39 Å². The van der Waals surface area contributed by atoms with Crippen LogP contribution in [-0.2, 0) is 0 Å². The van der Waals surface area contributed by atoms with Gasteiger partial charge >= 0.3 is 0 Å². The molecule has 1 saturated carbocycles. The molecule has 0 unspecified atom stereocenters. The lowest BCUT2D eigenvalue weighted by Gasteiger charge is -2.25. The Morgan fingerprint density at radius 1 is 1.04 bits per heavy atom. The highest BCUT2D eigenvalue weighted by molar-refractivity contribution is 6.30. The first-order valence-electron chi connectivity index (χ1n) is 9.33. The lowest BCUT2D eigenvalue weighted by Crippen LogP contribution is -2.13. The van der Waals surface area contributed by atoms with Crippen LogP contribution in [0.3, 0.4) is 0 Å². The average molecular weight is 367 g/mol. The zero-order valence-electron chi connectivity index (χ0n) is 15.0. The van der Waals surface area contributed by atoms with Crippen molar-refractivity contribution in [3.8, 4) is 23.0 Å². The molecule has 0 N–H and O–H groups in total. The van der Waals surface area contributed by atoms with Gasteiger partial charge in [-0.3, -0.25) is 0 Å². The molecule has 0 nitrogen and oxygen atoms in total. The molecular weight excluding hydrogens is 343 g/mol. The number of allylic oxidation sites excluding steroid dienone is 1. The van der Waals surface area contributed by atoms with Gasteiger partial charge in [-0.25, -0.2) is 4.39 Å². The van der Waals surface area contributed by atoms with Crippen LogP contribution in [0.2, 0.25) is 5.02 Å². The van der Waals surface area contributed by atoms with Crippen molar-refractivity contribution in [3.63, 3.8) is 0 Å². The molecule has 1 aliphatic carbocycles. The largest absolute Gasteiger partial charge is 0.205 e. The minimum absolute atomic E-state index is 0.149. The van der Waals surface area contributed by atoms with Gasteiger partial charge in [0.15, 0.2) is 0 Å². The molecule has 0 amide bonds. The van der Waals surface area contributed by atoms with Gasteiger partial charge in [-0.2, -0.15) is 0 Å². The summed E-state index contributed by atoms with van der Waals surface area (Å²) in [5.74, 6) is 7.73. The average Bonchev–Trinajstić information content (AvgIpc) is 2.68. The number of benzene rings is 2. The molecule has 0 saturated heterocycles. The third-order valence-electron chi connectivity index (χ3n) is 5.18. The van der Waals surface area contributed by atoms with E-state index in [1.165, 1.54) is 38.2 Å². The summed E-state index contributed by atoms with van der Waals surface area (Å²) in [7, 11) is 0. The fraction of sp³-hybridized carbons (Fsp3) is 0.333. The third-order valence-corrected chi connectivity index (χ3v) is 5.49. The standard InChI is InChI=1S/C24H24ClF/c1-2-3-4-18-5-7-19(8-6-18)9-10-20-11-13-21(14-12-20)22-15-16-23(25)24(26)17-22/h2,11-19H,1,3-8H2/t18-,19-. The van der Waals surface area contributed by atoms with E-state index in [4.69, 9.17) is 11.6 Å². The molecule has 0 spiro atoms. The van der Waals surface area contributed by atoms with E-state index >= 15 is 0 Å². The SMILES string of the molecule is C=CCC[C@H]1CC[C@H](C#Cc2ccc(-c3ccc(Cl)c(F)c3)cc2)CC1. The molecule has 26 heavy (non-hydrogen) atoms. The second-order valence-corrected chi connectivity index (χ2v) is 7.47. The molecule has 0 radical (unpaired) electrons. The maximum Gasteiger partial charge on any atom is 0.142 e. The maximum absolute atomic E-state index is 13.6. The monoisotopic (exact) mass is 366 g/mol. The van der Waals surface area contributed by atoms with E-state index in [0.717, 1.165) is 29.0 Å². The Morgan fingerprint density at radius 2 is 1.73 bits per heavy atom. The summed E-state index contributed by atoms with van der Waals surface area (Å²) in [5, 5.41) is 0.149. The van der Waals surface area contributed by atoms with Crippen molar-refractivity contribution >= 4 is 11.6 Å². The number of hydrogen-bond acceptors (Lipinski definition) is 0. The van der Waals surface area contributed by atoms with E-state index in [1.54, 1.807) is 6.07 Å². The smallest absolute Gasteiger partial charge is 0.142 e. The summed E-state index contributed by atoms with van der Waals surface area (Å²) in [6, 6.07) is 12.9. The Morgan fingerprint density at radius 3 is 2.38 bits per heavy atom. The molecular formula is C24H24ClF.